The number of benzene rings is 1. The van der Waals surface area contributed by atoms with Crippen LogP contribution in [0.5, 0.6) is 5.75 Å². The maximum Gasteiger partial charge on any atom is 0.415 e. The van der Waals surface area contributed by atoms with E-state index in [1.165, 1.54) is 0 Å². The minimum Gasteiger partial charge on any atom is -0.409 e. The van der Waals surface area contributed by atoms with Crippen molar-refractivity contribution in [3.05, 3.63) is 29.3 Å². The fourth-order valence-corrected chi connectivity index (χ4v) is 2.27. The number of nitrogens with zero attached hydrogens (tertiary/aromatic N) is 2. The molecule has 0 spiro atoms. The molecule has 122 valence electrons. The van der Waals surface area contributed by atoms with Gasteiger partial charge in [0.1, 0.15) is 5.75 Å². The van der Waals surface area contributed by atoms with Gasteiger partial charge in [-0.05, 0) is 46.2 Å². The molecule has 1 aromatic rings. The fraction of sp³-hybridized carbons (Fsp3) is 0.529. The Morgan fingerprint density at radius 1 is 0.955 bits per heavy atom. The minimum absolute atomic E-state index is 0.115. The molecule has 0 radical (unpaired) electrons. The van der Waals surface area contributed by atoms with Gasteiger partial charge < -0.3 is 14.5 Å². The van der Waals surface area contributed by atoms with Gasteiger partial charge in [-0.25, -0.2) is 4.79 Å². The summed E-state index contributed by atoms with van der Waals surface area (Å²) in [5, 5.41) is 0. The van der Waals surface area contributed by atoms with Crippen LogP contribution in [0.3, 0.4) is 0 Å². The van der Waals surface area contributed by atoms with Crippen LogP contribution >= 0.6 is 0 Å². The van der Waals surface area contributed by atoms with Crippen molar-refractivity contribution in [3.63, 3.8) is 0 Å². The maximum absolute atomic E-state index is 12.6. The van der Waals surface area contributed by atoms with Crippen LogP contribution < -0.4 is 4.74 Å². The lowest BCUT2D eigenvalue weighted by Crippen LogP contribution is -2.35. The fourth-order valence-electron chi connectivity index (χ4n) is 2.27. The van der Waals surface area contributed by atoms with Gasteiger partial charge in [0.05, 0.1) is 5.56 Å². The van der Waals surface area contributed by atoms with Crippen molar-refractivity contribution in [1.29, 1.82) is 0 Å². The number of carbonyl (C=O) groups is 2. The van der Waals surface area contributed by atoms with Gasteiger partial charge in [-0.1, -0.05) is 12.1 Å². The van der Waals surface area contributed by atoms with Gasteiger partial charge in [0.2, 0.25) is 0 Å². The number of aryl methyl sites for hydroxylation is 1. The van der Waals surface area contributed by atoms with E-state index < -0.39 is 6.09 Å². The van der Waals surface area contributed by atoms with Crippen molar-refractivity contribution < 1.29 is 14.3 Å². The highest BCUT2D eigenvalue weighted by molar-refractivity contribution is 5.98. The van der Waals surface area contributed by atoms with Crippen molar-refractivity contribution >= 4 is 12.0 Å². The molecule has 1 rings (SSSR count). The first-order chi connectivity index (χ1) is 10.5. The summed E-state index contributed by atoms with van der Waals surface area (Å²) >= 11 is 0. The number of carbonyl (C=O) groups excluding carboxylic acids is 2. The van der Waals surface area contributed by atoms with Crippen molar-refractivity contribution in [2.24, 2.45) is 0 Å². The van der Waals surface area contributed by atoms with Gasteiger partial charge >= 0.3 is 6.09 Å². The number of ether oxygens (including phenoxy) is 1. The van der Waals surface area contributed by atoms with Crippen molar-refractivity contribution in [3.8, 4) is 5.75 Å². The molecule has 22 heavy (non-hydrogen) atoms. The average molecular weight is 306 g/mol. The van der Waals surface area contributed by atoms with Crippen molar-refractivity contribution in [2.75, 3.05) is 26.2 Å². The van der Waals surface area contributed by atoms with Gasteiger partial charge in [-0.15, -0.1) is 0 Å². The lowest BCUT2D eigenvalue weighted by Gasteiger charge is -2.23. The predicted octanol–water partition coefficient (Wildman–Crippen LogP) is 3.32. The molecule has 0 aliphatic carbocycles. The van der Waals surface area contributed by atoms with Crippen LogP contribution in [0.1, 0.15) is 43.6 Å². The molecule has 0 fully saturated rings. The Balaban J connectivity index is 3.14. The second kappa shape index (κ2) is 8.41. The van der Waals surface area contributed by atoms with Crippen molar-refractivity contribution in [1.82, 2.24) is 9.80 Å². The number of rotatable bonds is 6. The highest BCUT2D eigenvalue weighted by Gasteiger charge is 2.22. The quantitative estimate of drug-likeness (QED) is 0.810. The molecule has 0 bridgehead atoms. The molecular formula is C17H26N2O3. The van der Waals surface area contributed by atoms with Gasteiger partial charge in [-0.3, -0.25) is 4.79 Å². The molecule has 0 N–H and O–H groups in total. The summed E-state index contributed by atoms with van der Waals surface area (Å²) in [6.07, 6.45) is -0.423. The highest BCUT2D eigenvalue weighted by Crippen LogP contribution is 2.25. The molecule has 5 nitrogen and oxygen atoms in total. The van der Waals surface area contributed by atoms with Crippen LogP contribution in [-0.2, 0) is 0 Å². The SMILES string of the molecule is CCN(CC)C(=O)Oc1c(C)cccc1C(=O)N(CC)CC. The van der Waals surface area contributed by atoms with E-state index in [1.54, 1.807) is 21.9 Å². The Morgan fingerprint density at radius 3 is 2.00 bits per heavy atom. The summed E-state index contributed by atoms with van der Waals surface area (Å²) in [4.78, 5) is 28.1. The van der Waals surface area contributed by atoms with E-state index >= 15 is 0 Å². The third-order valence-corrected chi connectivity index (χ3v) is 3.70. The van der Waals surface area contributed by atoms with E-state index in [1.807, 2.05) is 40.7 Å². The number of hydrogen-bond acceptors (Lipinski definition) is 3. The van der Waals surface area contributed by atoms with Gasteiger partial charge in [-0.2, -0.15) is 0 Å². The van der Waals surface area contributed by atoms with E-state index in [4.69, 9.17) is 4.74 Å². The molecule has 1 aromatic carbocycles. The molecule has 0 saturated heterocycles. The molecule has 5 heteroatoms. The predicted molar refractivity (Wildman–Crippen MR) is 87.4 cm³/mol. The summed E-state index contributed by atoms with van der Waals surface area (Å²) in [5.74, 6) is 0.243. The molecule has 0 aromatic heterocycles. The smallest absolute Gasteiger partial charge is 0.409 e. The Bertz CT molecular complexity index is 521. The normalized spacial score (nSPS) is 10.2. The van der Waals surface area contributed by atoms with Crippen LogP contribution in [0.15, 0.2) is 18.2 Å². The molecule has 0 unspecified atom stereocenters. The van der Waals surface area contributed by atoms with Gasteiger partial charge in [0, 0.05) is 26.2 Å². The number of amides is 2. The second-order valence-corrected chi connectivity index (χ2v) is 4.97. The van der Waals surface area contributed by atoms with Crippen LogP contribution in [0.4, 0.5) is 4.79 Å². The van der Waals surface area contributed by atoms with Crippen LogP contribution in [-0.4, -0.2) is 48.0 Å². The first kappa shape index (κ1) is 18.0. The standard InChI is InChI=1S/C17H26N2O3/c1-6-18(7-2)16(20)14-12-10-11-13(5)15(14)22-17(21)19(8-3)9-4/h10-12H,6-9H2,1-5H3. The summed E-state index contributed by atoms with van der Waals surface area (Å²) < 4.78 is 5.52. The molecule has 0 saturated carbocycles. The summed E-state index contributed by atoms with van der Waals surface area (Å²) in [5.41, 5.74) is 1.21. The largest absolute Gasteiger partial charge is 0.415 e. The monoisotopic (exact) mass is 306 g/mol. The van der Waals surface area contributed by atoms with E-state index in [9.17, 15) is 9.59 Å². The summed E-state index contributed by atoms with van der Waals surface area (Å²) in [6.45, 7) is 11.9. The van der Waals surface area contributed by atoms with E-state index in [2.05, 4.69) is 0 Å². The topological polar surface area (TPSA) is 49.9 Å². The zero-order valence-corrected chi connectivity index (χ0v) is 14.2. The Hall–Kier alpha value is -2.04. The molecule has 0 atom stereocenters. The van der Waals surface area contributed by atoms with E-state index in [0.717, 1.165) is 5.56 Å². The first-order valence-corrected chi connectivity index (χ1v) is 7.85. The van der Waals surface area contributed by atoms with Crippen molar-refractivity contribution in [2.45, 2.75) is 34.6 Å². The lowest BCUT2D eigenvalue weighted by atomic mass is 10.1. The van der Waals surface area contributed by atoms with Gasteiger partial charge in [0.25, 0.3) is 5.91 Å². The molecule has 0 aliphatic heterocycles. The molecular weight excluding hydrogens is 280 g/mol. The average Bonchev–Trinajstić information content (AvgIpc) is 2.51. The van der Waals surface area contributed by atoms with E-state index in [0.29, 0.717) is 37.5 Å². The highest BCUT2D eigenvalue weighted by atomic mass is 16.6. The second-order valence-electron chi connectivity index (χ2n) is 4.97. The molecule has 0 aliphatic rings. The minimum atomic E-state index is -0.423. The molecule has 0 heterocycles. The van der Waals surface area contributed by atoms with E-state index in [-0.39, 0.29) is 5.91 Å². The molecule has 2 amide bonds. The first-order valence-electron chi connectivity index (χ1n) is 7.85. The number of hydrogen-bond donors (Lipinski definition) is 0. The Morgan fingerprint density at radius 2 is 1.50 bits per heavy atom. The number of para-hydroxylation sites is 1. The zero-order valence-electron chi connectivity index (χ0n) is 14.2. The summed E-state index contributed by atoms with van der Waals surface area (Å²) in [6, 6.07) is 5.35. The zero-order chi connectivity index (χ0) is 16.7. The third-order valence-electron chi connectivity index (χ3n) is 3.70. The lowest BCUT2D eigenvalue weighted by molar-refractivity contribution is 0.0769. The Kier molecular flexibility index (Phi) is 6.89. The van der Waals surface area contributed by atoms with Crippen LogP contribution in [0, 0.1) is 6.92 Å². The Labute approximate surface area is 132 Å². The van der Waals surface area contributed by atoms with Gasteiger partial charge in [0.15, 0.2) is 0 Å². The third kappa shape index (κ3) is 4.00. The summed E-state index contributed by atoms with van der Waals surface area (Å²) in [7, 11) is 0. The van der Waals surface area contributed by atoms with Crippen LogP contribution in [0.25, 0.3) is 0 Å². The maximum atomic E-state index is 12.6. The van der Waals surface area contributed by atoms with Crippen LogP contribution in [0.2, 0.25) is 0 Å².